The van der Waals surface area contributed by atoms with Crippen molar-refractivity contribution in [3.8, 4) is 5.75 Å². The number of benzene rings is 2. The zero-order valence-electron chi connectivity index (χ0n) is 11.4. The Labute approximate surface area is 114 Å². The van der Waals surface area contributed by atoms with Gasteiger partial charge in [0.1, 0.15) is 5.75 Å². The van der Waals surface area contributed by atoms with Crippen molar-refractivity contribution in [1.82, 2.24) is 0 Å². The molecule has 2 aromatic carbocycles. The van der Waals surface area contributed by atoms with E-state index in [4.69, 9.17) is 4.74 Å². The largest absolute Gasteiger partial charge is 0.464 e. The van der Waals surface area contributed by atoms with E-state index in [0.717, 1.165) is 12.3 Å². The minimum atomic E-state index is 0.000926. The maximum absolute atomic E-state index is 6.13. The first kappa shape index (κ1) is 12.1. The highest BCUT2D eigenvalue weighted by Crippen LogP contribution is 2.43. The highest BCUT2D eigenvalue weighted by Gasteiger charge is 2.31. The predicted octanol–water partition coefficient (Wildman–Crippen LogP) is 4.24. The van der Waals surface area contributed by atoms with Crippen molar-refractivity contribution >= 4 is 5.69 Å². The quantitative estimate of drug-likeness (QED) is 0.811. The first-order valence-corrected chi connectivity index (χ1v) is 6.83. The standard InChI is InChI=1S/C17H19NO/c1-13(2)12-18-15-10-6-7-11-16(15)19-17(18)14-8-4-3-5-9-14/h3-11,13,17H,12H2,1-2H3. The molecule has 0 fully saturated rings. The highest BCUT2D eigenvalue weighted by molar-refractivity contribution is 5.63. The van der Waals surface area contributed by atoms with Crippen molar-refractivity contribution in [2.24, 2.45) is 5.92 Å². The summed E-state index contributed by atoms with van der Waals surface area (Å²) in [6, 6.07) is 18.7. The van der Waals surface area contributed by atoms with Gasteiger partial charge < -0.3 is 9.64 Å². The fourth-order valence-corrected chi connectivity index (χ4v) is 2.56. The molecule has 0 N–H and O–H groups in total. The Hall–Kier alpha value is -1.96. The van der Waals surface area contributed by atoms with Crippen molar-refractivity contribution in [2.45, 2.75) is 20.1 Å². The first-order valence-electron chi connectivity index (χ1n) is 6.83. The van der Waals surface area contributed by atoms with Crippen LogP contribution in [0.25, 0.3) is 0 Å². The van der Waals surface area contributed by atoms with E-state index in [2.05, 4.69) is 55.1 Å². The topological polar surface area (TPSA) is 12.5 Å². The molecule has 0 saturated carbocycles. The third kappa shape index (κ3) is 2.30. The number of fused-ring (bicyclic) bond motifs is 1. The van der Waals surface area contributed by atoms with Crippen molar-refractivity contribution in [3.05, 3.63) is 60.2 Å². The number of nitrogens with zero attached hydrogens (tertiary/aromatic N) is 1. The van der Waals surface area contributed by atoms with Crippen LogP contribution in [0, 0.1) is 5.92 Å². The van der Waals surface area contributed by atoms with E-state index < -0.39 is 0 Å². The zero-order chi connectivity index (χ0) is 13.2. The van der Waals surface area contributed by atoms with Crippen LogP contribution in [0.1, 0.15) is 25.6 Å². The normalized spacial score (nSPS) is 17.4. The van der Waals surface area contributed by atoms with Crippen LogP contribution in [0.2, 0.25) is 0 Å². The van der Waals surface area contributed by atoms with Crippen LogP contribution < -0.4 is 9.64 Å². The lowest BCUT2D eigenvalue weighted by molar-refractivity contribution is 0.225. The maximum Gasteiger partial charge on any atom is 0.199 e. The van der Waals surface area contributed by atoms with Crippen LogP contribution in [-0.4, -0.2) is 6.54 Å². The molecule has 2 heteroatoms. The molecule has 0 aromatic heterocycles. The van der Waals surface area contributed by atoms with E-state index in [-0.39, 0.29) is 6.23 Å². The third-order valence-corrected chi connectivity index (χ3v) is 3.34. The molecule has 2 aromatic rings. The third-order valence-electron chi connectivity index (χ3n) is 3.34. The van der Waals surface area contributed by atoms with Gasteiger partial charge in [0.15, 0.2) is 6.23 Å². The molecule has 0 bridgehead atoms. The van der Waals surface area contributed by atoms with Crippen LogP contribution in [0.3, 0.4) is 0 Å². The summed E-state index contributed by atoms with van der Waals surface area (Å²) in [5.74, 6) is 1.58. The van der Waals surface area contributed by atoms with Crippen LogP contribution in [0.5, 0.6) is 5.75 Å². The lowest BCUT2D eigenvalue weighted by Crippen LogP contribution is -2.30. The Bertz CT molecular complexity index is 550. The predicted molar refractivity (Wildman–Crippen MR) is 78.4 cm³/mol. The minimum absolute atomic E-state index is 0.000926. The zero-order valence-corrected chi connectivity index (χ0v) is 11.4. The van der Waals surface area contributed by atoms with Crippen LogP contribution in [0.4, 0.5) is 5.69 Å². The molecule has 1 unspecified atom stereocenters. The van der Waals surface area contributed by atoms with Crippen molar-refractivity contribution < 1.29 is 4.74 Å². The summed E-state index contributed by atoms with van der Waals surface area (Å²) in [5.41, 5.74) is 2.41. The summed E-state index contributed by atoms with van der Waals surface area (Å²) < 4.78 is 6.13. The number of hydrogen-bond acceptors (Lipinski definition) is 2. The van der Waals surface area contributed by atoms with Gasteiger partial charge in [-0.05, 0) is 18.1 Å². The van der Waals surface area contributed by atoms with Gasteiger partial charge in [-0.2, -0.15) is 0 Å². The molecular formula is C17H19NO. The van der Waals surface area contributed by atoms with Gasteiger partial charge in [0.2, 0.25) is 0 Å². The van der Waals surface area contributed by atoms with Crippen molar-refractivity contribution in [1.29, 1.82) is 0 Å². The van der Waals surface area contributed by atoms with Gasteiger partial charge in [-0.1, -0.05) is 56.3 Å². The molecule has 0 amide bonds. The molecule has 0 spiro atoms. The molecular weight excluding hydrogens is 234 g/mol. The van der Waals surface area contributed by atoms with Gasteiger partial charge in [-0.15, -0.1) is 0 Å². The second kappa shape index (κ2) is 4.96. The summed E-state index contributed by atoms with van der Waals surface area (Å²) in [7, 11) is 0. The van der Waals surface area contributed by atoms with E-state index >= 15 is 0 Å². The van der Waals surface area contributed by atoms with Crippen molar-refractivity contribution in [3.63, 3.8) is 0 Å². The summed E-state index contributed by atoms with van der Waals surface area (Å²) in [6.45, 7) is 5.47. The minimum Gasteiger partial charge on any atom is -0.464 e. The highest BCUT2D eigenvalue weighted by atomic mass is 16.5. The number of hydrogen-bond donors (Lipinski definition) is 0. The number of anilines is 1. The second-order valence-corrected chi connectivity index (χ2v) is 5.39. The van der Waals surface area contributed by atoms with Gasteiger partial charge in [0.25, 0.3) is 0 Å². The molecule has 1 aliphatic rings. The first-order chi connectivity index (χ1) is 9.25. The summed E-state index contributed by atoms with van der Waals surface area (Å²) in [5, 5.41) is 0. The average molecular weight is 253 g/mol. The number of ether oxygens (including phenoxy) is 1. The van der Waals surface area contributed by atoms with E-state index in [1.807, 2.05) is 18.2 Å². The molecule has 1 atom stereocenters. The Kier molecular flexibility index (Phi) is 3.16. The van der Waals surface area contributed by atoms with E-state index in [1.165, 1.54) is 11.3 Å². The van der Waals surface area contributed by atoms with Gasteiger partial charge >= 0.3 is 0 Å². The molecule has 98 valence electrons. The second-order valence-electron chi connectivity index (χ2n) is 5.39. The lowest BCUT2D eigenvalue weighted by Gasteiger charge is -2.27. The molecule has 1 heterocycles. The fourth-order valence-electron chi connectivity index (χ4n) is 2.56. The van der Waals surface area contributed by atoms with Crippen LogP contribution in [-0.2, 0) is 0 Å². The Morgan fingerprint density at radius 3 is 2.42 bits per heavy atom. The van der Waals surface area contributed by atoms with Gasteiger partial charge in [-0.3, -0.25) is 0 Å². The molecule has 2 nitrogen and oxygen atoms in total. The molecule has 0 saturated heterocycles. The summed E-state index contributed by atoms with van der Waals surface area (Å²) in [4.78, 5) is 2.36. The number of rotatable bonds is 3. The molecule has 1 aliphatic heterocycles. The number of para-hydroxylation sites is 2. The maximum atomic E-state index is 6.13. The smallest absolute Gasteiger partial charge is 0.199 e. The Balaban J connectivity index is 1.98. The lowest BCUT2D eigenvalue weighted by atomic mass is 10.1. The Morgan fingerprint density at radius 1 is 1.00 bits per heavy atom. The van der Waals surface area contributed by atoms with Crippen LogP contribution >= 0.6 is 0 Å². The molecule has 3 rings (SSSR count). The summed E-state index contributed by atoms with van der Waals surface area (Å²) in [6.07, 6.45) is 0.000926. The van der Waals surface area contributed by atoms with Gasteiger partial charge in [0.05, 0.1) is 5.69 Å². The molecule has 0 aliphatic carbocycles. The molecule has 19 heavy (non-hydrogen) atoms. The van der Waals surface area contributed by atoms with E-state index in [9.17, 15) is 0 Å². The van der Waals surface area contributed by atoms with Crippen LogP contribution in [0.15, 0.2) is 54.6 Å². The van der Waals surface area contributed by atoms with E-state index in [0.29, 0.717) is 5.92 Å². The van der Waals surface area contributed by atoms with Gasteiger partial charge in [-0.25, -0.2) is 0 Å². The fraction of sp³-hybridized carbons (Fsp3) is 0.294. The SMILES string of the molecule is CC(C)CN1c2ccccc2OC1c1ccccc1. The monoisotopic (exact) mass is 253 g/mol. The molecule has 0 radical (unpaired) electrons. The average Bonchev–Trinajstić information content (AvgIpc) is 2.78. The summed E-state index contributed by atoms with van der Waals surface area (Å²) >= 11 is 0. The van der Waals surface area contributed by atoms with Gasteiger partial charge in [0, 0.05) is 12.1 Å². The Morgan fingerprint density at radius 2 is 1.68 bits per heavy atom. The van der Waals surface area contributed by atoms with Crippen molar-refractivity contribution in [2.75, 3.05) is 11.4 Å². The van der Waals surface area contributed by atoms with E-state index in [1.54, 1.807) is 0 Å².